The van der Waals surface area contributed by atoms with Crippen LogP contribution in [-0.4, -0.2) is 60.8 Å². The molecule has 1 heterocycles. The molecule has 1 aliphatic rings. The Balaban J connectivity index is 2.32. The highest BCUT2D eigenvalue weighted by Gasteiger charge is 2.22. The van der Waals surface area contributed by atoms with Crippen LogP contribution in [0.25, 0.3) is 0 Å². The van der Waals surface area contributed by atoms with Crippen LogP contribution in [0.3, 0.4) is 0 Å². The first-order valence-electron chi connectivity index (χ1n) is 5.95. The second-order valence-corrected chi connectivity index (χ2v) is 5.16. The van der Waals surface area contributed by atoms with Crippen molar-refractivity contribution in [2.45, 2.75) is 24.9 Å². The number of carbonyl (C=O) groups excluding carboxylic acids is 1. The summed E-state index contributed by atoms with van der Waals surface area (Å²) in [5.74, 6) is -0.515. The number of nitrogens with one attached hydrogen (secondary N) is 2. The van der Waals surface area contributed by atoms with E-state index in [9.17, 15) is 9.59 Å². The summed E-state index contributed by atoms with van der Waals surface area (Å²) in [6.45, 7) is 1.88. The number of hydrogen-bond acceptors (Lipinski definition) is 5. The molecule has 0 spiro atoms. The highest BCUT2D eigenvalue weighted by atomic mass is 32.2. The van der Waals surface area contributed by atoms with E-state index in [-0.39, 0.29) is 18.4 Å². The van der Waals surface area contributed by atoms with Gasteiger partial charge in [-0.3, -0.25) is 4.79 Å². The molecule has 7 heteroatoms. The highest BCUT2D eigenvalue weighted by molar-refractivity contribution is 7.98. The molecule has 3 N–H and O–H groups in total. The first-order chi connectivity index (χ1) is 8.63. The average molecular weight is 276 g/mol. The molecule has 1 fully saturated rings. The maximum absolute atomic E-state index is 11.7. The van der Waals surface area contributed by atoms with Crippen LogP contribution >= 0.6 is 11.8 Å². The Morgan fingerprint density at radius 3 is 2.94 bits per heavy atom. The van der Waals surface area contributed by atoms with Crippen molar-refractivity contribution in [3.05, 3.63) is 0 Å². The first kappa shape index (κ1) is 15.3. The fourth-order valence-electron chi connectivity index (χ4n) is 1.72. The zero-order valence-corrected chi connectivity index (χ0v) is 11.3. The average Bonchev–Trinajstić information content (AvgIpc) is 2.35. The lowest BCUT2D eigenvalue weighted by molar-refractivity contribution is -0.142. The van der Waals surface area contributed by atoms with E-state index in [1.54, 1.807) is 11.8 Å². The number of aliphatic carboxylic acids is 1. The van der Waals surface area contributed by atoms with Gasteiger partial charge in [-0.15, -0.1) is 0 Å². The van der Waals surface area contributed by atoms with E-state index in [0.717, 1.165) is 6.54 Å². The molecular formula is C11H20N2O4S. The van der Waals surface area contributed by atoms with E-state index in [4.69, 9.17) is 9.84 Å². The van der Waals surface area contributed by atoms with Crippen molar-refractivity contribution in [2.75, 3.05) is 31.8 Å². The molecule has 0 aromatic heterocycles. The third-order valence-electron chi connectivity index (χ3n) is 2.67. The fourth-order valence-corrected chi connectivity index (χ4v) is 2.19. The number of carboxylic acids is 1. The molecule has 0 radical (unpaired) electrons. The molecule has 0 bridgehead atoms. The van der Waals surface area contributed by atoms with E-state index in [1.165, 1.54) is 0 Å². The summed E-state index contributed by atoms with van der Waals surface area (Å²) in [5.41, 5.74) is 0. The summed E-state index contributed by atoms with van der Waals surface area (Å²) in [6, 6.07) is -0.816. The van der Waals surface area contributed by atoms with E-state index < -0.39 is 12.0 Å². The van der Waals surface area contributed by atoms with E-state index in [0.29, 0.717) is 25.4 Å². The molecule has 1 amide bonds. The van der Waals surface area contributed by atoms with E-state index >= 15 is 0 Å². The van der Waals surface area contributed by atoms with Crippen molar-refractivity contribution in [2.24, 2.45) is 0 Å². The predicted molar refractivity (Wildman–Crippen MR) is 69.8 cm³/mol. The first-order valence-corrected chi connectivity index (χ1v) is 7.35. The maximum atomic E-state index is 11.7. The Hall–Kier alpha value is -0.790. The molecule has 18 heavy (non-hydrogen) atoms. The Kier molecular flexibility index (Phi) is 7.07. The van der Waals surface area contributed by atoms with Gasteiger partial charge in [0.05, 0.1) is 13.2 Å². The minimum Gasteiger partial charge on any atom is -0.480 e. The number of ether oxygens (including phenoxy) is 1. The normalized spacial score (nSPS) is 21.3. The number of carboxylic acid groups (broad SMARTS) is 1. The van der Waals surface area contributed by atoms with Gasteiger partial charge in [0.1, 0.15) is 6.04 Å². The van der Waals surface area contributed by atoms with Crippen molar-refractivity contribution in [1.82, 2.24) is 10.6 Å². The summed E-state index contributed by atoms with van der Waals surface area (Å²) >= 11 is 1.56. The van der Waals surface area contributed by atoms with Crippen LogP contribution in [0.4, 0.5) is 0 Å². The zero-order chi connectivity index (χ0) is 13.4. The van der Waals surface area contributed by atoms with Gasteiger partial charge in [0.2, 0.25) is 5.91 Å². The summed E-state index contributed by atoms with van der Waals surface area (Å²) in [4.78, 5) is 22.7. The van der Waals surface area contributed by atoms with Crippen LogP contribution in [0.1, 0.15) is 12.8 Å². The number of morpholine rings is 1. The Morgan fingerprint density at radius 1 is 1.61 bits per heavy atom. The largest absolute Gasteiger partial charge is 0.480 e. The molecule has 0 aliphatic carbocycles. The summed E-state index contributed by atoms with van der Waals surface area (Å²) in [5, 5.41) is 14.7. The van der Waals surface area contributed by atoms with E-state index in [1.807, 2.05) is 6.26 Å². The number of thioether (sulfide) groups is 1. The van der Waals surface area contributed by atoms with Crippen LogP contribution in [-0.2, 0) is 14.3 Å². The Bertz CT molecular complexity index is 282. The molecule has 1 saturated heterocycles. The van der Waals surface area contributed by atoms with Crippen LogP contribution in [0.5, 0.6) is 0 Å². The van der Waals surface area contributed by atoms with E-state index in [2.05, 4.69) is 10.6 Å². The van der Waals surface area contributed by atoms with Gasteiger partial charge in [-0.05, 0) is 18.4 Å². The minimum absolute atomic E-state index is 0.0197. The van der Waals surface area contributed by atoms with Crippen molar-refractivity contribution >= 4 is 23.6 Å². The van der Waals surface area contributed by atoms with Crippen LogP contribution in [0, 0.1) is 0 Å². The van der Waals surface area contributed by atoms with Gasteiger partial charge in [0.25, 0.3) is 0 Å². The number of amides is 1. The zero-order valence-electron chi connectivity index (χ0n) is 10.5. The number of rotatable bonds is 7. The molecule has 1 unspecified atom stereocenters. The summed E-state index contributed by atoms with van der Waals surface area (Å²) in [6.07, 6.45) is 2.60. The molecule has 1 rings (SSSR count). The van der Waals surface area contributed by atoms with Crippen molar-refractivity contribution in [3.63, 3.8) is 0 Å². The second kappa shape index (κ2) is 8.34. The van der Waals surface area contributed by atoms with Gasteiger partial charge in [-0.25, -0.2) is 4.79 Å². The summed E-state index contributed by atoms with van der Waals surface area (Å²) < 4.78 is 5.24. The monoisotopic (exact) mass is 276 g/mol. The third kappa shape index (κ3) is 5.70. The second-order valence-electron chi connectivity index (χ2n) is 4.17. The highest BCUT2D eigenvalue weighted by Crippen LogP contribution is 2.03. The Labute approximate surface area is 111 Å². The summed E-state index contributed by atoms with van der Waals surface area (Å²) in [7, 11) is 0. The fraction of sp³-hybridized carbons (Fsp3) is 0.818. The molecule has 0 aromatic rings. The Morgan fingerprint density at radius 2 is 2.39 bits per heavy atom. The smallest absolute Gasteiger partial charge is 0.326 e. The van der Waals surface area contributed by atoms with Crippen LogP contribution < -0.4 is 10.6 Å². The van der Waals surface area contributed by atoms with Crippen molar-refractivity contribution in [1.29, 1.82) is 0 Å². The maximum Gasteiger partial charge on any atom is 0.326 e. The predicted octanol–water partition coefficient (Wildman–Crippen LogP) is -0.313. The standard InChI is InChI=1S/C11H20N2O4S/c1-18-5-2-9(11(15)16)13-10(14)6-8-7-17-4-3-12-8/h8-9,12H,2-7H2,1H3,(H,13,14)(H,15,16)/t8?,9-/m0/s1. The third-order valence-corrected chi connectivity index (χ3v) is 3.32. The molecule has 0 aromatic carbocycles. The molecular weight excluding hydrogens is 256 g/mol. The van der Waals surface area contributed by atoms with Gasteiger partial charge in [-0.1, -0.05) is 0 Å². The number of hydrogen-bond donors (Lipinski definition) is 3. The molecule has 104 valence electrons. The van der Waals surface area contributed by atoms with Crippen molar-refractivity contribution in [3.8, 4) is 0 Å². The lowest BCUT2D eigenvalue weighted by Gasteiger charge is -2.24. The number of carbonyl (C=O) groups is 2. The van der Waals surface area contributed by atoms with Crippen molar-refractivity contribution < 1.29 is 19.4 Å². The van der Waals surface area contributed by atoms with Crippen LogP contribution in [0.15, 0.2) is 0 Å². The minimum atomic E-state index is -0.981. The lowest BCUT2D eigenvalue weighted by Crippen LogP contribution is -2.47. The molecule has 1 aliphatic heterocycles. The molecule has 6 nitrogen and oxygen atoms in total. The van der Waals surface area contributed by atoms with Gasteiger partial charge in [0.15, 0.2) is 0 Å². The van der Waals surface area contributed by atoms with Gasteiger partial charge in [-0.2, -0.15) is 11.8 Å². The van der Waals surface area contributed by atoms with Crippen LogP contribution in [0.2, 0.25) is 0 Å². The molecule has 0 saturated carbocycles. The molecule has 2 atom stereocenters. The van der Waals surface area contributed by atoms with Gasteiger partial charge >= 0.3 is 5.97 Å². The van der Waals surface area contributed by atoms with Gasteiger partial charge < -0.3 is 20.5 Å². The SMILES string of the molecule is CSCC[C@H](NC(=O)CC1COCCN1)C(=O)O. The lowest BCUT2D eigenvalue weighted by atomic mass is 10.1. The topological polar surface area (TPSA) is 87.7 Å². The quantitative estimate of drug-likeness (QED) is 0.591. The van der Waals surface area contributed by atoms with Gasteiger partial charge in [0, 0.05) is 19.0 Å².